The van der Waals surface area contributed by atoms with Crippen molar-refractivity contribution in [2.45, 2.75) is 89.9 Å². The first-order valence-corrected chi connectivity index (χ1v) is 12.5. The van der Waals surface area contributed by atoms with Crippen LogP contribution in [0.25, 0.3) is 0 Å². The number of hydrogen-bond acceptors (Lipinski definition) is 6. The Balaban J connectivity index is 2.44. The standard InChI is InChI=1S/C19H31FN2O6Si/c1-18(2,3)27-16(24)14-13(28-29(7,8)19(4,5)6)12(20)15(26-14)22-10-9-11(23)21-17(22)25/h9-10,12-15H,1-8H3,(H,21,23,25)/t12-,13?,14-,15+/m0/s1. The average molecular weight is 431 g/mol. The van der Waals surface area contributed by atoms with Crippen LogP contribution in [0.15, 0.2) is 21.9 Å². The highest BCUT2D eigenvalue weighted by Gasteiger charge is 2.55. The number of halogens is 1. The van der Waals surface area contributed by atoms with Gasteiger partial charge in [-0.25, -0.2) is 14.0 Å². The lowest BCUT2D eigenvalue weighted by Gasteiger charge is -2.39. The van der Waals surface area contributed by atoms with Crippen LogP contribution < -0.4 is 11.2 Å². The van der Waals surface area contributed by atoms with E-state index >= 15 is 4.39 Å². The number of carbonyl (C=O) groups excluding carboxylic acids is 1. The molecular weight excluding hydrogens is 399 g/mol. The van der Waals surface area contributed by atoms with Crippen molar-refractivity contribution >= 4 is 14.3 Å². The highest BCUT2D eigenvalue weighted by atomic mass is 28.4. The Kier molecular flexibility index (Phi) is 6.32. The Labute approximate surface area is 170 Å². The molecule has 0 bridgehead atoms. The van der Waals surface area contributed by atoms with E-state index in [0.29, 0.717) is 0 Å². The lowest BCUT2D eigenvalue weighted by molar-refractivity contribution is -0.173. The van der Waals surface area contributed by atoms with Gasteiger partial charge in [-0.2, -0.15) is 0 Å². The monoisotopic (exact) mass is 430 g/mol. The van der Waals surface area contributed by atoms with Gasteiger partial charge in [-0.15, -0.1) is 0 Å². The van der Waals surface area contributed by atoms with Crippen LogP contribution in [0.3, 0.4) is 0 Å². The van der Waals surface area contributed by atoms with Crippen molar-refractivity contribution in [2.24, 2.45) is 0 Å². The predicted octanol–water partition coefficient (Wildman–Crippen LogP) is 2.50. The van der Waals surface area contributed by atoms with Crippen molar-refractivity contribution in [3.05, 3.63) is 33.1 Å². The molecule has 1 aliphatic rings. The summed E-state index contributed by atoms with van der Waals surface area (Å²) in [7, 11) is -2.48. The smallest absolute Gasteiger partial charge is 0.338 e. The molecule has 0 amide bonds. The summed E-state index contributed by atoms with van der Waals surface area (Å²) in [5.74, 6) is -0.760. The first-order chi connectivity index (χ1) is 13.0. The fourth-order valence-corrected chi connectivity index (χ4v) is 3.96. The third-order valence-electron chi connectivity index (χ3n) is 5.17. The molecule has 0 aromatic carbocycles. The van der Waals surface area contributed by atoms with E-state index in [9.17, 15) is 14.4 Å². The van der Waals surface area contributed by atoms with E-state index in [1.807, 2.05) is 33.9 Å². The minimum Gasteiger partial charge on any atom is -0.458 e. The molecule has 2 heterocycles. The van der Waals surface area contributed by atoms with Crippen LogP contribution in [0, 0.1) is 0 Å². The first-order valence-electron chi connectivity index (χ1n) is 9.55. The van der Waals surface area contributed by atoms with E-state index < -0.39 is 55.7 Å². The highest BCUT2D eigenvalue weighted by molar-refractivity contribution is 6.74. The van der Waals surface area contributed by atoms with Crippen LogP contribution in [-0.4, -0.2) is 47.8 Å². The number of alkyl halides is 1. The Morgan fingerprint density at radius 2 is 1.79 bits per heavy atom. The van der Waals surface area contributed by atoms with E-state index in [1.165, 1.54) is 0 Å². The molecule has 8 nitrogen and oxygen atoms in total. The normalized spacial score (nSPS) is 25.8. The molecule has 0 radical (unpaired) electrons. The lowest BCUT2D eigenvalue weighted by Crippen LogP contribution is -2.50. The molecule has 164 valence electrons. The summed E-state index contributed by atoms with van der Waals surface area (Å²) in [5.41, 5.74) is -2.25. The molecule has 1 unspecified atom stereocenters. The lowest BCUT2D eigenvalue weighted by atomic mass is 10.1. The maximum absolute atomic E-state index is 15.5. The molecule has 1 aromatic rings. The molecule has 1 saturated heterocycles. The van der Waals surface area contributed by atoms with Gasteiger partial charge in [0.1, 0.15) is 11.7 Å². The molecule has 4 atom stereocenters. The van der Waals surface area contributed by atoms with Gasteiger partial charge < -0.3 is 13.9 Å². The van der Waals surface area contributed by atoms with Crippen molar-refractivity contribution in [3.63, 3.8) is 0 Å². The van der Waals surface area contributed by atoms with E-state index in [2.05, 4.69) is 4.98 Å². The average Bonchev–Trinajstić information content (AvgIpc) is 2.81. The summed E-state index contributed by atoms with van der Waals surface area (Å²) < 4.78 is 33.6. The fraction of sp³-hybridized carbons (Fsp3) is 0.737. The molecule has 1 N–H and O–H groups in total. The number of esters is 1. The van der Waals surface area contributed by atoms with Crippen molar-refractivity contribution < 1.29 is 23.1 Å². The quantitative estimate of drug-likeness (QED) is 0.582. The van der Waals surface area contributed by atoms with Crippen molar-refractivity contribution in [1.29, 1.82) is 0 Å². The van der Waals surface area contributed by atoms with Crippen LogP contribution in [0.1, 0.15) is 47.8 Å². The zero-order valence-electron chi connectivity index (χ0n) is 18.2. The van der Waals surface area contributed by atoms with Gasteiger partial charge in [-0.1, -0.05) is 20.8 Å². The summed E-state index contributed by atoms with van der Waals surface area (Å²) in [6.45, 7) is 14.9. The Bertz CT molecular complexity index is 867. The number of nitrogens with one attached hydrogen (secondary N) is 1. The summed E-state index contributed by atoms with van der Waals surface area (Å²) in [6.07, 6.45) is -4.69. The number of carbonyl (C=O) groups is 1. The molecule has 1 aromatic heterocycles. The van der Waals surface area contributed by atoms with Crippen LogP contribution >= 0.6 is 0 Å². The van der Waals surface area contributed by atoms with Gasteiger partial charge in [-0.3, -0.25) is 14.3 Å². The van der Waals surface area contributed by atoms with Gasteiger partial charge in [0.05, 0.1) is 0 Å². The first kappa shape index (κ1) is 23.5. The third-order valence-corrected chi connectivity index (χ3v) is 9.65. The number of H-pyrrole nitrogens is 1. The largest absolute Gasteiger partial charge is 0.458 e. The van der Waals surface area contributed by atoms with Crippen molar-refractivity contribution in [1.82, 2.24) is 9.55 Å². The number of ether oxygens (including phenoxy) is 2. The Morgan fingerprint density at radius 1 is 1.21 bits per heavy atom. The zero-order chi connectivity index (χ0) is 22.4. The molecule has 1 fully saturated rings. The van der Waals surface area contributed by atoms with Gasteiger partial charge >= 0.3 is 11.7 Å². The van der Waals surface area contributed by atoms with Gasteiger partial charge in [0, 0.05) is 12.3 Å². The zero-order valence-corrected chi connectivity index (χ0v) is 19.2. The summed E-state index contributed by atoms with van der Waals surface area (Å²) in [5, 5.41) is -0.238. The minimum atomic E-state index is -2.48. The molecule has 29 heavy (non-hydrogen) atoms. The summed E-state index contributed by atoms with van der Waals surface area (Å²) in [6, 6.07) is 1.09. The molecule has 2 rings (SSSR count). The maximum Gasteiger partial charge on any atom is 0.338 e. The Hall–Kier alpha value is -1.78. The van der Waals surface area contributed by atoms with Gasteiger partial charge in [0.15, 0.2) is 26.8 Å². The second-order valence-electron chi connectivity index (χ2n) is 9.79. The summed E-state index contributed by atoms with van der Waals surface area (Å²) >= 11 is 0. The van der Waals surface area contributed by atoms with Crippen LogP contribution in [0.5, 0.6) is 0 Å². The molecular formula is C19H31FN2O6Si. The van der Waals surface area contributed by atoms with E-state index in [1.54, 1.807) is 20.8 Å². The minimum absolute atomic E-state index is 0.238. The van der Waals surface area contributed by atoms with Crippen molar-refractivity contribution in [2.75, 3.05) is 0 Å². The second-order valence-corrected chi connectivity index (χ2v) is 14.5. The molecule has 0 spiro atoms. The number of hydrogen-bond donors (Lipinski definition) is 1. The topological polar surface area (TPSA) is 99.6 Å². The second kappa shape index (κ2) is 7.80. The van der Waals surface area contributed by atoms with E-state index in [4.69, 9.17) is 13.9 Å². The van der Waals surface area contributed by atoms with Crippen LogP contribution in [0.2, 0.25) is 18.1 Å². The SMILES string of the molecule is CC(C)(C)OC(=O)[C@H]1O[C@@H](n2ccc(=O)[nH]c2=O)[C@@H](F)C1O[Si](C)(C)C(C)(C)C. The molecule has 0 aliphatic carbocycles. The Morgan fingerprint density at radius 3 is 2.28 bits per heavy atom. The van der Waals surface area contributed by atoms with Gasteiger partial charge in [0.2, 0.25) is 0 Å². The predicted molar refractivity (Wildman–Crippen MR) is 108 cm³/mol. The number of aromatic amines is 1. The van der Waals surface area contributed by atoms with Gasteiger partial charge in [0.25, 0.3) is 5.56 Å². The van der Waals surface area contributed by atoms with Crippen molar-refractivity contribution in [3.8, 4) is 0 Å². The number of nitrogens with zero attached hydrogens (tertiary/aromatic N) is 1. The van der Waals surface area contributed by atoms with E-state index in [0.717, 1.165) is 16.8 Å². The van der Waals surface area contributed by atoms with E-state index in [-0.39, 0.29) is 5.04 Å². The van der Waals surface area contributed by atoms with Gasteiger partial charge in [-0.05, 0) is 38.9 Å². The maximum atomic E-state index is 15.5. The fourth-order valence-electron chi connectivity index (χ4n) is 2.67. The number of rotatable bonds is 4. The van der Waals surface area contributed by atoms with Crippen LogP contribution in [-0.2, 0) is 18.7 Å². The molecule has 0 saturated carbocycles. The summed E-state index contributed by atoms with van der Waals surface area (Å²) in [4.78, 5) is 38.3. The molecule has 10 heteroatoms. The highest BCUT2D eigenvalue weighted by Crippen LogP contribution is 2.42. The number of aromatic nitrogens is 2. The third kappa shape index (κ3) is 5.23. The van der Waals surface area contributed by atoms with Crippen LogP contribution in [0.4, 0.5) is 4.39 Å². The molecule has 1 aliphatic heterocycles.